The normalized spacial score (nSPS) is 15.9. The summed E-state index contributed by atoms with van der Waals surface area (Å²) in [7, 11) is -3.79. The Morgan fingerprint density at radius 1 is 0.935 bits per heavy atom. The van der Waals surface area contributed by atoms with Crippen molar-refractivity contribution in [1.82, 2.24) is 29.2 Å². The number of carbonyl (C=O) groups excluding carboxylic acids is 1. The van der Waals surface area contributed by atoms with Crippen LogP contribution in [0.2, 0.25) is 10.0 Å². The van der Waals surface area contributed by atoms with Crippen molar-refractivity contribution in [2.24, 2.45) is 0 Å². The fraction of sp³-hybridized carbons (Fsp3) is 0.333. The van der Waals surface area contributed by atoms with Gasteiger partial charge >= 0.3 is 0 Å². The van der Waals surface area contributed by atoms with Gasteiger partial charge in [-0.1, -0.05) is 59.2 Å². The number of nitrogens with zero attached hydrogens (tertiary/aromatic N) is 4. The molecule has 0 saturated carbocycles. The molecule has 6 rings (SSSR count). The molecule has 2 saturated heterocycles. The van der Waals surface area contributed by atoms with Crippen LogP contribution < -0.4 is 10.1 Å². The zero-order chi connectivity index (χ0) is 32.3. The standard InChI is InChI=1S/C33H34Cl2N6O3S2/c1-23-7-9-24(10-8-23)11-13-26-14-16-30(45-26)32-27(22-36-46(43,44)40-19-5-6-20-40)31(33(42)38-39-17-3-2-4-18-39)37-41(32)29-15-12-25(34)21-28(29)35/h7-10,12,14-16,21,36H,2-6,17-20,22H2,1H3,(H,38,42). The van der Waals surface area contributed by atoms with E-state index in [1.807, 2.05) is 48.3 Å². The summed E-state index contributed by atoms with van der Waals surface area (Å²) in [6.07, 6.45) is 4.68. The van der Waals surface area contributed by atoms with E-state index in [1.54, 1.807) is 22.9 Å². The van der Waals surface area contributed by atoms with Gasteiger partial charge in [0, 0.05) is 48.9 Å². The lowest BCUT2D eigenvalue weighted by molar-refractivity contribution is 0.0743. The maximum atomic E-state index is 13.9. The number of aromatic nitrogens is 2. The molecule has 0 aliphatic carbocycles. The molecule has 2 N–H and O–H groups in total. The van der Waals surface area contributed by atoms with Gasteiger partial charge in [-0.2, -0.15) is 22.5 Å². The third-order valence-corrected chi connectivity index (χ3v) is 11.1. The van der Waals surface area contributed by atoms with Gasteiger partial charge in [0.25, 0.3) is 16.1 Å². The molecule has 1 amide bonds. The van der Waals surface area contributed by atoms with Crippen molar-refractivity contribution in [2.45, 2.75) is 45.6 Å². The van der Waals surface area contributed by atoms with E-state index in [1.165, 1.54) is 15.6 Å². The van der Waals surface area contributed by atoms with Crippen molar-refractivity contribution < 1.29 is 13.2 Å². The summed E-state index contributed by atoms with van der Waals surface area (Å²) in [5, 5.41) is 7.47. The largest absolute Gasteiger partial charge is 0.286 e. The molecule has 0 bridgehead atoms. The number of carbonyl (C=O) groups is 1. The molecule has 2 aliphatic heterocycles. The van der Waals surface area contributed by atoms with Gasteiger partial charge in [-0.3, -0.25) is 10.2 Å². The highest BCUT2D eigenvalue weighted by molar-refractivity contribution is 7.87. The first kappa shape index (κ1) is 32.7. The smallest absolute Gasteiger partial charge is 0.283 e. The van der Waals surface area contributed by atoms with E-state index >= 15 is 0 Å². The average molecular weight is 698 g/mol. The van der Waals surface area contributed by atoms with Gasteiger partial charge in [0.05, 0.1) is 26.2 Å². The summed E-state index contributed by atoms with van der Waals surface area (Å²) in [5.74, 6) is 6.03. The Labute approximate surface area is 283 Å². The lowest BCUT2D eigenvalue weighted by Crippen LogP contribution is -2.45. The fourth-order valence-electron chi connectivity index (χ4n) is 5.57. The van der Waals surface area contributed by atoms with Crippen LogP contribution in [0, 0.1) is 18.8 Å². The zero-order valence-corrected chi connectivity index (χ0v) is 28.5. The zero-order valence-electron chi connectivity index (χ0n) is 25.4. The maximum absolute atomic E-state index is 13.9. The number of nitrogens with one attached hydrogen (secondary N) is 2. The number of rotatable bonds is 8. The van der Waals surface area contributed by atoms with Crippen molar-refractivity contribution in [2.75, 3.05) is 26.2 Å². The minimum atomic E-state index is -3.79. The minimum Gasteiger partial charge on any atom is -0.283 e. The predicted molar refractivity (Wildman–Crippen MR) is 184 cm³/mol. The number of halogens is 2. The Morgan fingerprint density at radius 3 is 2.37 bits per heavy atom. The van der Waals surface area contributed by atoms with Crippen molar-refractivity contribution in [3.8, 4) is 28.1 Å². The molecule has 13 heteroatoms. The lowest BCUT2D eigenvalue weighted by atomic mass is 10.1. The predicted octanol–water partition coefficient (Wildman–Crippen LogP) is 6.18. The second kappa shape index (κ2) is 14.3. The topological polar surface area (TPSA) is 99.6 Å². The molecule has 9 nitrogen and oxygen atoms in total. The Bertz CT molecular complexity index is 1900. The van der Waals surface area contributed by atoms with Crippen molar-refractivity contribution in [3.63, 3.8) is 0 Å². The van der Waals surface area contributed by atoms with Crippen molar-refractivity contribution in [3.05, 3.63) is 91.9 Å². The van der Waals surface area contributed by atoms with E-state index in [0.717, 1.165) is 66.1 Å². The molecule has 0 unspecified atom stereocenters. The van der Waals surface area contributed by atoms with E-state index in [9.17, 15) is 13.2 Å². The maximum Gasteiger partial charge on any atom is 0.286 e. The quantitative estimate of drug-likeness (QED) is 0.215. The van der Waals surface area contributed by atoms with Gasteiger partial charge in [0.1, 0.15) is 0 Å². The van der Waals surface area contributed by atoms with Crippen molar-refractivity contribution >= 4 is 50.7 Å². The van der Waals surface area contributed by atoms with Crippen LogP contribution in [0.4, 0.5) is 0 Å². The number of piperidine rings is 1. The summed E-state index contributed by atoms with van der Waals surface area (Å²) < 4.78 is 32.4. The van der Waals surface area contributed by atoms with E-state index < -0.39 is 16.1 Å². The molecule has 240 valence electrons. The van der Waals surface area contributed by atoms with Crippen LogP contribution in [-0.2, 0) is 16.8 Å². The molecule has 2 aliphatic rings. The van der Waals surface area contributed by atoms with E-state index in [2.05, 4.69) is 22.0 Å². The molecule has 0 radical (unpaired) electrons. The second-order valence-electron chi connectivity index (χ2n) is 11.4. The summed E-state index contributed by atoms with van der Waals surface area (Å²) in [6, 6.07) is 16.9. The van der Waals surface area contributed by atoms with Crippen LogP contribution in [0.3, 0.4) is 0 Å². The Morgan fingerprint density at radius 2 is 1.65 bits per heavy atom. The molecule has 4 aromatic rings. The Kier molecular flexibility index (Phi) is 10.2. The van der Waals surface area contributed by atoms with Crippen molar-refractivity contribution in [1.29, 1.82) is 0 Å². The summed E-state index contributed by atoms with van der Waals surface area (Å²) in [6.45, 7) is 4.25. The Balaban J connectivity index is 1.45. The number of hydrogen-bond acceptors (Lipinski definition) is 6. The molecule has 0 spiro atoms. The van der Waals surface area contributed by atoms with Crippen LogP contribution in [0.15, 0.2) is 54.6 Å². The minimum absolute atomic E-state index is 0.108. The molecule has 2 aromatic carbocycles. The van der Waals surface area contributed by atoms with Gasteiger partial charge in [-0.25, -0.2) is 9.69 Å². The molecule has 2 fully saturated rings. The molecule has 46 heavy (non-hydrogen) atoms. The molecular formula is C33H34Cl2N6O3S2. The van der Waals surface area contributed by atoms with Gasteiger partial charge in [0.15, 0.2) is 5.69 Å². The van der Waals surface area contributed by atoms with Gasteiger partial charge < -0.3 is 0 Å². The van der Waals surface area contributed by atoms with Crippen LogP contribution in [0.5, 0.6) is 0 Å². The first-order chi connectivity index (χ1) is 22.2. The fourth-order valence-corrected chi connectivity index (χ4v) is 8.22. The number of amides is 1. The first-order valence-electron chi connectivity index (χ1n) is 15.2. The third kappa shape index (κ3) is 7.50. The highest BCUT2D eigenvalue weighted by Crippen LogP contribution is 2.37. The van der Waals surface area contributed by atoms with Crippen LogP contribution in [0.25, 0.3) is 16.3 Å². The molecule has 0 atom stereocenters. The van der Waals surface area contributed by atoms with E-state index in [4.69, 9.17) is 28.3 Å². The molecular weight excluding hydrogens is 663 g/mol. The molecule has 4 heterocycles. The number of hydrazine groups is 1. The highest BCUT2D eigenvalue weighted by atomic mass is 35.5. The van der Waals surface area contributed by atoms with Gasteiger partial charge in [0.2, 0.25) is 0 Å². The Hall–Kier alpha value is -3.21. The van der Waals surface area contributed by atoms with Gasteiger partial charge in [-0.05, 0) is 75.1 Å². The lowest BCUT2D eigenvalue weighted by Gasteiger charge is -2.26. The number of benzene rings is 2. The monoisotopic (exact) mass is 696 g/mol. The van der Waals surface area contributed by atoms with Crippen LogP contribution in [0.1, 0.15) is 64.2 Å². The summed E-state index contributed by atoms with van der Waals surface area (Å²) >= 11 is 14.4. The van der Waals surface area contributed by atoms with Crippen LogP contribution >= 0.6 is 34.5 Å². The second-order valence-corrected chi connectivity index (χ2v) is 15.1. The number of thiophene rings is 1. The average Bonchev–Trinajstić information content (AvgIpc) is 3.81. The van der Waals surface area contributed by atoms with Gasteiger partial charge in [-0.15, -0.1) is 11.3 Å². The highest BCUT2D eigenvalue weighted by Gasteiger charge is 2.31. The third-order valence-electron chi connectivity index (χ3n) is 8.01. The summed E-state index contributed by atoms with van der Waals surface area (Å²) in [5.41, 5.74) is 6.64. The summed E-state index contributed by atoms with van der Waals surface area (Å²) in [4.78, 5) is 15.4. The number of aryl methyl sites for hydroxylation is 1. The SMILES string of the molecule is Cc1ccc(C#Cc2ccc(-c3c(CNS(=O)(=O)N4CCCC4)c(C(=O)NN4CCCCC4)nn3-c3ccc(Cl)cc3Cl)s2)cc1. The van der Waals surface area contributed by atoms with E-state index in [0.29, 0.717) is 40.1 Å². The first-order valence-corrected chi connectivity index (χ1v) is 18.3. The van der Waals surface area contributed by atoms with Crippen LogP contribution in [-0.4, -0.2) is 59.6 Å². The molecule has 2 aromatic heterocycles. The van der Waals surface area contributed by atoms with E-state index in [-0.39, 0.29) is 12.2 Å². The number of hydrogen-bond donors (Lipinski definition) is 2.